The maximum absolute atomic E-state index is 12.8. The Hall–Kier alpha value is -0.870. The highest BCUT2D eigenvalue weighted by atomic mass is 35.5. The lowest BCUT2D eigenvalue weighted by atomic mass is 10.0. The van der Waals surface area contributed by atoms with Gasteiger partial charge in [-0.25, -0.2) is 8.78 Å². The second-order valence-corrected chi connectivity index (χ2v) is 3.05. The second-order valence-electron chi connectivity index (χ2n) is 3.05. The Morgan fingerprint density at radius 3 is 2.64 bits per heavy atom. The molecule has 0 spiro atoms. The summed E-state index contributed by atoms with van der Waals surface area (Å²) >= 11 is 0. The van der Waals surface area contributed by atoms with Crippen molar-refractivity contribution in [3.63, 3.8) is 0 Å². The van der Waals surface area contributed by atoms with Crippen molar-refractivity contribution < 1.29 is 13.5 Å². The standard InChI is InChI=1S/C9H9F2NO.ClH/c10-6-3-5-8(12)1-2-13-9(5)4-7(6)11;/h3-4,8H,1-2,12H2;1H/t8-;/m1./s1. The van der Waals surface area contributed by atoms with Crippen molar-refractivity contribution in [1.82, 2.24) is 0 Å². The van der Waals surface area contributed by atoms with E-state index in [-0.39, 0.29) is 18.4 Å². The van der Waals surface area contributed by atoms with E-state index in [2.05, 4.69) is 0 Å². The molecular weight excluding hydrogens is 212 g/mol. The van der Waals surface area contributed by atoms with Crippen LogP contribution in [0, 0.1) is 11.6 Å². The van der Waals surface area contributed by atoms with Crippen LogP contribution in [-0.2, 0) is 0 Å². The van der Waals surface area contributed by atoms with Gasteiger partial charge in [-0.3, -0.25) is 0 Å². The first-order chi connectivity index (χ1) is 6.18. The monoisotopic (exact) mass is 221 g/mol. The van der Waals surface area contributed by atoms with Gasteiger partial charge in [-0.2, -0.15) is 0 Å². The van der Waals surface area contributed by atoms with E-state index in [9.17, 15) is 8.78 Å². The molecule has 0 saturated heterocycles. The Morgan fingerprint density at radius 2 is 1.93 bits per heavy atom. The molecule has 14 heavy (non-hydrogen) atoms. The maximum atomic E-state index is 12.8. The number of nitrogens with two attached hydrogens (primary N) is 1. The van der Waals surface area contributed by atoms with Crippen molar-refractivity contribution in [2.24, 2.45) is 5.73 Å². The number of fused-ring (bicyclic) bond motifs is 1. The van der Waals surface area contributed by atoms with Gasteiger partial charge in [0.2, 0.25) is 0 Å². The predicted molar refractivity (Wildman–Crippen MR) is 50.6 cm³/mol. The summed E-state index contributed by atoms with van der Waals surface area (Å²) in [7, 11) is 0. The molecule has 0 aliphatic carbocycles. The van der Waals surface area contributed by atoms with Crippen LogP contribution in [0.3, 0.4) is 0 Å². The average molecular weight is 222 g/mol. The van der Waals surface area contributed by atoms with Crippen LogP contribution in [0.1, 0.15) is 18.0 Å². The van der Waals surface area contributed by atoms with Crippen LogP contribution >= 0.6 is 12.4 Å². The first-order valence-electron chi connectivity index (χ1n) is 4.06. The predicted octanol–water partition coefficient (Wildman–Crippen LogP) is 2.17. The van der Waals surface area contributed by atoms with Gasteiger partial charge in [0.25, 0.3) is 0 Å². The van der Waals surface area contributed by atoms with Gasteiger partial charge in [0.15, 0.2) is 11.6 Å². The van der Waals surface area contributed by atoms with E-state index < -0.39 is 11.6 Å². The molecule has 2 nitrogen and oxygen atoms in total. The Kier molecular flexibility index (Phi) is 3.29. The lowest BCUT2D eigenvalue weighted by Crippen LogP contribution is -2.21. The first-order valence-corrected chi connectivity index (χ1v) is 4.06. The molecule has 1 aromatic rings. The molecule has 1 aromatic carbocycles. The van der Waals surface area contributed by atoms with E-state index in [1.54, 1.807) is 0 Å². The molecule has 0 radical (unpaired) electrons. The molecule has 0 unspecified atom stereocenters. The van der Waals surface area contributed by atoms with Crippen molar-refractivity contribution in [1.29, 1.82) is 0 Å². The third-order valence-electron chi connectivity index (χ3n) is 2.14. The summed E-state index contributed by atoms with van der Waals surface area (Å²) in [6.45, 7) is 0.458. The van der Waals surface area contributed by atoms with Crippen LogP contribution in [0.5, 0.6) is 5.75 Å². The molecule has 2 rings (SSSR count). The van der Waals surface area contributed by atoms with Gasteiger partial charge >= 0.3 is 0 Å². The van der Waals surface area contributed by atoms with Crippen LogP contribution in [0.25, 0.3) is 0 Å². The van der Waals surface area contributed by atoms with Gasteiger partial charge in [-0.15, -0.1) is 12.4 Å². The van der Waals surface area contributed by atoms with Crippen molar-refractivity contribution in [3.8, 4) is 5.75 Å². The molecule has 2 N–H and O–H groups in total. The summed E-state index contributed by atoms with van der Waals surface area (Å²) < 4.78 is 30.7. The highest BCUT2D eigenvalue weighted by Gasteiger charge is 2.20. The van der Waals surface area contributed by atoms with Crippen molar-refractivity contribution in [3.05, 3.63) is 29.3 Å². The molecule has 1 heterocycles. The van der Waals surface area contributed by atoms with Gasteiger partial charge in [-0.1, -0.05) is 0 Å². The van der Waals surface area contributed by atoms with Crippen LogP contribution in [-0.4, -0.2) is 6.61 Å². The lowest BCUT2D eigenvalue weighted by molar-refractivity contribution is 0.265. The van der Waals surface area contributed by atoms with Gasteiger partial charge in [0, 0.05) is 24.1 Å². The fraction of sp³-hybridized carbons (Fsp3) is 0.333. The number of hydrogen-bond acceptors (Lipinski definition) is 2. The third kappa shape index (κ3) is 1.81. The quantitative estimate of drug-likeness (QED) is 0.729. The Balaban J connectivity index is 0.000000980. The summed E-state index contributed by atoms with van der Waals surface area (Å²) in [6, 6.07) is 1.90. The highest BCUT2D eigenvalue weighted by molar-refractivity contribution is 5.85. The first kappa shape index (κ1) is 11.2. The molecule has 1 aliphatic rings. The van der Waals surface area contributed by atoms with Crippen LogP contribution in [0.15, 0.2) is 12.1 Å². The number of hydrogen-bond donors (Lipinski definition) is 1. The fourth-order valence-corrected chi connectivity index (χ4v) is 1.41. The zero-order chi connectivity index (χ0) is 9.42. The van der Waals surface area contributed by atoms with E-state index >= 15 is 0 Å². The number of rotatable bonds is 0. The van der Waals surface area contributed by atoms with Crippen LogP contribution in [0.4, 0.5) is 8.78 Å². The fourth-order valence-electron chi connectivity index (χ4n) is 1.41. The second kappa shape index (κ2) is 4.11. The largest absolute Gasteiger partial charge is 0.493 e. The Morgan fingerprint density at radius 1 is 1.29 bits per heavy atom. The van der Waals surface area contributed by atoms with E-state index in [1.807, 2.05) is 0 Å². The maximum Gasteiger partial charge on any atom is 0.162 e. The Labute approximate surface area is 86.5 Å². The minimum atomic E-state index is -0.896. The molecule has 0 aromatic heterocycles. The topological polar surface area (TPSA) is 35.2 Å². The third-order valence-corrected chi connectivity index (χ3v) is 2.14. The normalized spacial score (nSPS) is 19.2. The van der Waals surface area contributed by atoms with Gasteiger partial charge < -0.3 is 10.5 Å². The zero-order valence-electron chi connectivity index (χ0n) is 7.30. The number of ether oxygens (including phenoxy) is 1. The minimum Gasteiger partial charge on any atom is -0.493 e. The summed E-state index contributed by atoms with van der Waals surface area (Å²) in [5, 5.41) is 0. The molecule has 0 bridgehead atoms. The van der Waals surface area contributed by atoms with Gasteiger partial charge in [0.05, 0.1) is 6.61 Å². The van der Waals surface area contributed by atoms with Crippen LogP contribution in [0.2, 0.25) is 0 Å². The molecule has 1 aliphatic heterocycles. The van der Waals surface area contributed by atoms with Gasteiger partial charge in [-0.05, 0) is 6.07 Å². The molecular formula is C9H10ClF2NO. The van der Waals surface area contributed by atoms with E-state index in [0.717, 1.165) is 12.1 Å². The van der Waals surface area contributed by atoms with Crippen molar-refractivity contribution >= 4 is 12.4 Å². The SMILES string of the molecule is Cl.N[C@@H]1CCOc2cc(F)c(F)cc21. The molecule has 1 atom stereocenters. The highest BCUT2D eigenvalue weighted by Crippen LogP contribution is 2.31. The Bertz CT molecular complexity index is 346. The summed E-state index contributed by atoms with van der Waals surface area (Å²) in [6.07, 6.45) is 0.637. The number of benzene rings is 1. The van der Waals surface area contributed by atoms with E-state index in [4.69, 9.17) is 10.5 Å². The van der Waals surface area contributed by atoms with E-state index in [1.165, 1.54) is 0 Å². The van der Waals surface area contributed by atoms with Crippen molar-refractivity contribution in [2.45, 2.75) is 12.5 Å². The molecule has 0 fully saturated rings. The molecule has 5 heteroatoms. The lowest BCUT2D eigenvalue weighted by Gasteiger charge is -2.22. The molecule has 0 saturated carbocycles. The summed E-state index contributed by atoms with van der Waals surface area (Å²) in [5.74, 6) is -1.41. The minimum absolute atomic E-state index is 0. The summed E-state index contributed by atoms with van der Waals surface area (Å²) in [5.41, 5.74) is 6.24. The smallest absolute Gasteiger partial charge is 0.162 e. The molecule has 78 valence electrons. The van der Waals surface area contributed by atoms with E-state index in [0.29, 0.717) is 24.3 Å². The zero-order valence-corrected chi connectivity index (χ0v) is 8.11. The number of halogens is 3. The summed E-state index contributed by atoms with van der Waals surface area (Å²) in [4.78, 5) is 0. The van der Waals surface area contributed by atoms with Crippen LogP contribution < -0.4 is 10.5 Å². The van der Waals surface area contributed by atoms with Gasteiger partial charge in [0.1, 0.15) is 5.75 Å². The van der Waals surface area contributed by atoms with Crippen molar-refractivity contribution in [2.75, 3.05) is 6.61 Å². The average Bonchev–Trinajstić information content (AvgIpc) is 2.09. The molecule has 0 amide bonds.